The molecule has 3 aliphatic heterocycles. The van der Waals surface area contributed by atoms with Crippen molar-refractivity contribution in [3.63, 3.8) is 0 Å². The number of piperidine rings is 1. The van der Waals surface area contributed by atoms with E-state index in [9.17, 15) is 0 Å². The zero-order valence-corrected chi connectivity index (χ0v) is 22.7. The number of benzene rings is 1. The van der Waals surface area contributed by atoms with Crippen molar-refractivity contribution in [3.05, 3.63) is 35.9 Å². The van der Waals surface area contributed by atoms with Gasteiger partial charge in [0, 0.05) is 63.1 Å². The molecule has 3 atom stereocenters. The van der Waals surface area contributed by atoms with Crippen molar-refractivity contribution in [3.8, 4) is 0 Å². The van der Waals surface area contributed by atoms with Gasteiger partial charge in [-0.3, -0.25) is 14.8 Å². The van der Waals surface area contributed by atoms with Crippen molar-refractivity contribution in [1.29, 1.82) is 0 Å². The van der Waals surface area contributed by atoms with Crippen LogP contribution in [0.4, 0.5) is 0 Å². The molecule has 3 saturated heterocycles. The Morgan fingerprint density at radius 1 is 1.22 bits per heavy atom. The summed E-state index contributed by atoms with van der Waals surface area (Å²) in [6, 6.07) is 11.9. The average molecular weight is 574 g/mol. The van der Waals surface area contributed by atoms with Crippen molar-refractivity contribution in [2.24, 2.45) is 4.99 Å². The lowest BCUT2D eigenvalue weighted by atomic mass is 9.95. The van der Waals surface area contributed by atoms with Gasteiger partial charge in [0.1, 0.15) is 0 Å². The number of aliphatic imine (C=N–C) groups is 1. The van der Waals surface area contributed by atoms with Crippen LogP contribution in [0, 0.1) is 0 Å². The third-order valence-corrected chi connectivity index (χ3v) is 8.39. The normalized spacial score (nSPS) is 30.0. The molecule has 32 heavy (non-hydrogen) atoms. The first-order chi connectivity index (χ1) is 15.2. The molecular weight excluding hydrogens is 533 g/mol. The SMILES string of the molecule is CN=C(NCC1(N2CCOCC2)CCSC1)NC1CCN(Cc2ccccc2)C(C)C1.I. The quantitative estimate of drug-likeness (QED) is 0.310. The summed E-state index contributed by atoms with van der Waals surface area (Å²) in [5, 5.41) is 7.42. The standard InChI is InChI=1S/C24H39N5OS.HI/c1-20-16-22(8-10-28(20)17-21-6-4-3-5-7-21)27-23(25-2)26-18-24(9-15-31-19-24)29-11-13-30-14-12-29;/h3-7,20,22H,8-19H2,1-2H3,(H2,25,26,27);1H. The molecule has 0 amide bonds. The van der Waals surface area contributed by atoms with Gasteiger partial charge in [0.25, 0.3) is 0 Å². The molecule has 0 saturated carbocycles. The van der Waals surface area contributed by atoms with E-state index in [0.29, 0.717) is 12.1 Å². The molecule has 3 unspecified atom stereocenters. The number of ether oxygens (including phenoxy) is 1. The summed E-state index contributed by atoms with van der Waals surface area (Å²) >= 11 is 2.08. The summed E-state index contributed by atoms with van der Waals surface area (Å²) in [5.41, 5.74) is 1.64. The second kappa shape index (κ2) is 12.8. The van der Waals surface area contributed by atoms with Gasteiger partial charge in [-0.05, 0) is 37.5 Å². The number of halogens is 1. The smallest absolute Gasteiger partial charge is 0.191 e. The zero-order valence-electron chi connectivity index (χ0n) is 19.6. The van der Waals surface area contributed by atoms with Crippen molar-refractivity contribution >= 4 is 41.7 Å². The fourth-order valence-corrected chi connectivity index (χ4v) is 6.65. The number of nitrogens with one attached hydrogen (secondary N) is 2. The van der Waals surface area contributed by atoms with Gasteiger partial charge < -0.3 is 15.4 Å². The predicted molar refractivity (Wildman–Crippen MR) is 146 cm³/mol. The fraction of sp³-hybridized carbons (Fsp3) is 0.708. The molecular formula is C24H40IN5OS. The summed E-state index contributed by atoms with van der Waals surface area (Å²) in [6.07, 6.45) is 3.55. The maximum atomic E-state index is 5.60. The molecule has 6 nitrogen and oxygen atoms in total. The van der Waals surface area contributed by atoms with E-state index in [4.69, 9.17) is 4.74 Å². The fourth-order valence-electron chi connectivity index (χ4n) is 5.18. The first-order valence-electron chi connectivity index (χ1n) is 11.8. The summed E-state index contributed by atoms with van der Waals surface area (Å²) < 4.78 is 5.60. The molecule has 0 radical (unpaired) electrons. The minimum Gasteiger partial charge on any atom is -0.379 e. The molecule has 180 valence electrons. The van der Waals surface area contributed by atoms with Crippen LogP contribution in [-0.4, -0.2) is 91.3 Å². The summed E-state index contributed by atoms with van der Waals surface area (Å²) in [5.74, 6) is 3.41. The highest BCUT2D eigenvalue weighted by atomic mass is 127. The van der Waals surface area contributed by atoms with Gasteiger partial charge in [-0.2, -0.15) is 11.8 Å². The highest BCUT2D eigenvalue weighted by molar-refractivity contribution is 14.0. The Bertz CT molecular complexity index is 710. The van der Waals surface area contributed by atoms with Gasteiger partial charge in [0.2, 0.25) is 0 Å². The largest absolute Gasteiger partial charge is 0.379 e. The molecule has 3 aliphatic rings. The van der Waals surface area contributed by atoms with Crippen molar-refractivity contribution in [2.45, 2.75) is 50.4 Å². The number of hydrogen-bond acceptors (Lipinski definition) is 5. The minimum absolute atomic E-state index is 0. The van der Waals surface area contributed by atoms with Crippen molar-refractivity contribution < 1.29 is 4.74 Å². The van der Waals surface area contributed by atoms with Crippen molar-refractivity contribution in [1.82, 2.24) is 20.4 Å². The molecule has 8 heteroatoms. The number of likely N-dealkylation sites (tertiary alicyclic amines) is 1. The van der Waals surface area contributed by atoms with Crippen LogP contribution in [0.1, 0.15) is 31.7 Å². The number of guanidine groups is 1. The molecule has 3 fully saturated rings. The van der Waals surface area contributed by atoms with Crippen molar-refractivity contribution in [2.75, 3.05) is 57.9 Å². The van der Waals surface area contributed by atoms with E-state index >= 15 is 0 Å². The number of thioether (sulfide) groups is 1. The van der Waals surface area contributed by atoms with Gasteiger partial charge in [-0.25, -0.2) is 0 Å². The van der Waals surface area contributed by atoms with Gasteiger partial charge in [0.05, 0.1) is 13.2 Å². The monoisotopic (exact) mass is 573 g/mol. The third-order valence-electron chi connectivity index (χ3n) is 7.16. The molecule has 0 spiro atoms. The number of hydrogen-bond donors (Lipinski definition) is 2. The van der Waals surface area contributed by atoms with E-state index in [2.05, 4.69) is 74.4 Å². The zero-order chi connectivity index (χ0) is 21.5. The number of rotatable bonds is 6. The molecule has 2 N–H and O–H groups in total. The van der Waals surface area contributed by atoms with E-state index in [1.54, 1.807) is 0 Å². The molecule has 1 aromatic carbocycles. The maximum Gasteiger partial charge on any atom is 0.191 e. The van der Waals surface area contributed by atoms with Crippen LogP contribution in [-0.2, 0) is 11.3 Å². The van der Waals surface area contributed by atoms with Crippen LogP contribution < -0.4 is 10.6 Å². The highest BCUT2D eigenvalue weighted by Gasteiger charge is 2.40. The Balaban J connectivity index is 0.00000289. The number of nitrogens with zero attached hydrogens (tertiary/aromatic N) is 3. The summed E-state index contributed by atoms with van der Waals surface area (Å²) in [4.78, 5) is 9.82. The summed E-state index contributed by atoms with van der Waals surface area (Å²) in [7, 11) is 1.90. The first-order valence-corrected chi connectivity index (χ1v) is 13.0. The van der Waals surface area contributed by atoms with Crippen LogP contribution >= 0.6 is 35.7 Å². The van der Waals surface area contributed by atoms with Crippen LogP contribution in [0.15, 0.2) is 35.3 Å². The molecule has 4 rings (SSSR count). The molecule has 0 aliphatic carbocycles. The third kappa shape index (κ3) is 6.74. The lowest BCUT2D eigenvalue weighted by molar-refractivity contribution is -0.0120. The van der Waals surface area contributed by atoms with Gasteiger partial charge >= 0.3 is 0 Å². The van der Waals surface area contributed by atoms with E-state index < -0.39 is 0 Å². The van der Waals surface area contributed by atoms with E-state index in [0.717, 1.165) is 64.7 Å². The van der Waals surface area contributed by atoms with Gasteiger partial charge in [0.15, 0.2) is 5.96 Å². The second-order valence-corrected chi connectivity index (χ2v) is 10.3. The molecule has 0 bridgehead atoms. The minimum atomic E-state index is 0. The van der Waals surface area contributed by atoms with E-state index in [1.165, 1.54) is 23.5 Å². The molecule has 1 aromatic rings. The number of morpholine rings is 1. The predicted octanol–water partition coefficient (Wildman–Crippen LogP) is 3.03. The van der Waals surface area contributed by atoms with Crippen LogP contribution in [0.5, 0.6) is 0 Å². The van der Waals surface area contributed by atoms with Gasteiger partial charge in [-0.1, -0.05) is 30.3 Å². The van der Waals surface area contributed by atoms with Crippen LogP contribution in [0.25, 0.3) is 0 Å². The highest BCUT2D eigenvalue weighted by Crippen LogP contribution is 2.33. The Morgan fingerprint density at radius 2 is 2.00 bits per heavy atom. The Hall–Kier alpha value is -0.550. The van der Waals surface area contributed by atoms with E-state index in [1.807, 2.05) is 7.05 Å². The van der Waals surface area contributed by atoms with Crippen LogP contribution in [0.2, 0.25) is 0 Å². The van der Waals surface area contributed by atoms with E-state index in [-0.39, 0.29) is 29.5 Å². The summed E-state index contributed by atoms with van der Waals surface area (Å²) in [6.45, 7) is 9.30. The Kier molecular flexibility index (Phi) is 10.4. The molecule has 0 aromatic heterocycles. The Morgan fingerprint density at radius 3 is 2.66 bits per heavy atom. The second-order valence-electron chi connectivity index (χ2n) is 9.22. The first kappa shape index (κ1) is 26.1. The lowest BCUT2D eigenvalue weighted by Crippen LogP contribution is -2.60. The maximum absolute atomic E-state index is 5.60. The lowest BCUT2D eigenvalue weighted by Gasteiger charge is -2.43. The topological polar surface area (TPSA) is 52.1 Å². The van der Waals surface area contributed by atoms with Gasteiger partial charge in [-0.15, -0.1) is 24.0 Å². The Labute approximate surface area is 215 Å². The molecule has 3 heterocycles. The average Bonchev–Trinajstić information content (AvgIpc) is 3.30. The van der Waals surface area contributed by atoms with Crippen LogP contribution in [0.3, 0.4) is 0 Å².